The molecular formula is C19H20N4O4. The van der Waals surface area contributed by atoms with Crippen molar-refractivity contribution in [3.05, 3.63) is 53.2 Å². The normalized spacial score (nSPS) is 20.3. The summed E-state index contributed by atoms with van der Waals surface area (Å²) in [6.07, 6.45) is -0.274. The lowest BCUT2D eigenvalue weighted by atomic mass is 10.1. The maximum Gasteiger partial charge on any atom is 0.252 e. The van der Waals surface area contributed by atoms with Gasteiger partial charge < -0.3 is 18.7 Å². The monoisotopic (exact) mass is 368 g/mol. The number of benzene rings is 1. The van der Waals surface area contributed by atoms with Crippen LogP contribution in [0.3, 0.4) is 0 Å². The average molecular weight is 368 g/mol. The van der Waals surface area contributed by atoms with Gasteiger partial charge >= 0.3 is 0 Å². The van der Waals surface area contributed by atoms with Gasteiger partial charge in [-0.3, -0.25) is 4.79 Å². The molecule has 1 amide bonds. The van der Waals surface area contributed by atoms with E-state index in [1.165, 1.54) is 0 Å². The Labute approximate surface area is 156 Å². The average Bonchev–Trinajstić information content (AvgIpc) is 3.25. The molecule has 0 unspecified atom stereocenters. The Bertz CT molecular complexity index is 930. The van der Waals surface area contributed by atoms with Gasteiger partial charge in [0.2, 0.25) is 11.7 Å². The molecule has 1 aliphatic heterocycles. The number of rotatable bonds is 4. The fourth-order valence-electron chi connectivity index (χ4n) is 3.35. The Morgan fingerprint density at radius 1 is 1.15 bits per heavy atom. The summed E-state index contributed by atoms with van der Waals surface area (Å²) in [6.45, 7) is 5.99. The van der Waals surface area contributed by atoms with Gasteiger partial charge in [-0.05, 0) is 26.3 Å². The molecule has 1 aromatic carbocycles. The molecule has 8 heteroatoms. The van der Waals surface area contributed by atoms with Crippen LogP contribution in [0.1, 0.15) is 35.9 Å². The molecule has 3 heterocycles. The topological polar surface area (TPSA) is 94.5 Å². The first kappa shape index (κ1) is 17.4. The molecule has 0 spiro atoms. The summed E-state index contributed by atoms with van der Waals surface area (Å²) in [4.78, 5) is 18.8. The third-order valence-electron chi connectivity index (χ3n) is 4.72. The van der Waals surface area contributed by atoms with Crippen molar-refractivity contribution >= 4 is 5.91 Å². The van der Waals surface area contributed by atoms with Crippen molar-refractivity contribution in [3.8, 4) is 11.4 Å². The number of morpholine rings is 1. The third-order valence-corrected chi connectivity index (χ3v) is 4.72. The first-order valence-corrected chi connectivity index (χ1v) is 8.76. The first-order valence-electron chi connectivity index (χ1n) is 8.76. The van der Waals surface area contributed by atoms with E-state index in [1.807, 2.05) is 44.2 Å². The number of carbonyl (C=O) groups is 1. The largest absolute Gasteiger partial charge is 0.366 e. The molecular weight excluding hydrogens is 348 g/mol. The van der Waals surface area contributed by atoms with E-state index in [0.717, 1.165) is 5.56 Å². The van der Waals surface area contributed by atoms with Gasteiger partial charge in [-0.15, -0.1) is 0 Å². The highest BCUT2D eigenvalue weighted by Gasteiger charge is 2.39. The zero-order valence-electron chi connectivity index (χ0n) is 15.4. The second-order valence-electron chi connectivity index (χ2n) is 6.62. The van der Waals surface area contributed by atoms with Crippen molar-refractivity contribution in [2.24, 2.45) is 0 Å². The van der Waals surface area contributed by atoms with Crippen LogP contribution < -0.4 is 0 Å². The molecule has 2 atom stereocenters. The minimum Gasteiger partial charge on any atom is -0.366 e. The van der Waals surface area contributed by atoms with Crippen LogP contribution >= 0.6 is 0 Å². The van der Waals surface area contributed by atoms with Crippen molar-refractivity contribution < 1.29 is 18.6 Å². The minimum atomic E-state index is -0.465. The predicted octanol–water partition coefficient (Wildman–Crippen LogP) is 2.83. The molecule has 1 aliphatic rings. The summed E-state index contributed by atoms with van der Waals surface area (Å²) in [5, 5.41) is 8.00. The van der Waals surface area contributed by atoms with E-state index in [2.05, 4.69) is 15.3 Å². The van der Waals surface area contributed by atoms with Gasteiger partial charge in [0.15, 0.2) is 0 Å². The quantitative estimate of drug-likeness (QED) is 0.699. The summed E-state index contributed by atoms with van der Waals surface area (Å²) in [5.74, 6) is 1.23. The zero-order valence-corrected chi connectivity index (χ0v) is 15.4. The van der Waals surface area contributed by atoms with Crippen LogP contribution in [-0.4, -0.2) is 38.8 Å². The van der Waals surface area contributed by atoms with Crippen molar-refractivity contribution in [1.29, 1.82) is 0 Å². The second kappa shape index (κ2) is 6.96. The first-order chi connectivity index (χ1) is 13.0. The summed E-state index contributed by atoms with van der Waals surface area (Å²) in [5.41, 5.74) is 2.41. The summed E-state index contributed by atoms with van der Waals surface area (Å²) in [7, 11) is 0. The summed E-state index contributed by atoms with van der Waals surface area (Å²) >= 11 is 0. The Morgan fingerprint density at radius 2 is 1.93 bits per heavy atom. The van der Waals surface area contributed by atoms with Gasteiger partial charge in [0.05, 0.1) is 17.4 Å². The number of ether oxygens (including phenoxy) is 1. The van der Waals surface area contributed by atoms with Crippen molar-refractivity contribution in [1.82, 2.24) is 20.2 Å². The van der Waals surface area contributed by atoms with E-state index in [9.17, 15) is 4.79 Å². The number of nitrogens with zero attached hydrogens (tertiary/aromatic N) is 4. The fraction of sp³-hybridized carbons (Fsp3) is 0.368. The van der Waals surface area contributed by atoms with Crippen LogP contribution in [0.2, 0.25) is 0 Å². The lowest BCUT2D eigenvalue weighted by Gasteiger charge is -2.37. The lowest BCUT2D eigenvalue weighted by Crippen LogP contribution is -2.47. The van der Waals surface area contributed by atoms with Gasteiger partial charge in [0.1, 0.15) is 18.4 Å². The molecule has 0 bridgehead atoms. The van der Waals surface area contributed by atoms with E-state index in [4.69, 9.17) is 13.8 Å². The number of carbonyl (C=O) groups excluding carboxylic acids is 1. The van der Waals surface area contributed by atoms with Crippen LogP contribution in [0, 0.1) is 13.8 Å². The molecule has 2 aromatic heterocycles. The van der Waals surface area contributed by atoms with Crippen molar-refractivity contribution in [3.63, 3.8) is 0 Å². The van der Waals surface area contributed by atoms with Gasteiger partial charge in [-0.1, -0.05) is 40.6 Å². The van der Waals surface area contributed by atoms with Crippen LogP contribution in [0.15, 0.2) is 39.4 Å². The van der Waals surface area contributed by atoms with E-state index in [0.29, 0.717) is 35.3 Å². The fourth-order valence-corrected chi connectivity index (χ4v) is 3.35. The van der Waals surface area contributed by atoms with E-state index < -0.39 is 6.04 Å². The number of aryl methyl sites for hydroxylation is 2. The highest BCUT2D eigenvalue weighted by atomic mass is 16.5. The minimum absolute atomic E-state index is 0.0371. The molecule has 0 saturated carbocycles. The SMILES string of the molecule is Cc1noc(C)c1-c1noc([C@@H]2[C@@H](C)OCC(=O)N2Cc2ccccc2)n1. The number of hydrogen-bond acceptors (Lipinski definition) is 7. The van der Waals surface area contributed by atoms with Crippen molar-refractivity contribution in [2.45, 2.75) is 39.5 Å². The zero-order chi connectivity index (χ0) is 19.0. The van der Waals surface area contributed by atoms with E-state index in [1.54, 1.807) is 11.8 Å². The summed E-state index contributed by atoms with van der Waals surface area (Å²) < 4.78 is 16.3. The number of amides is 1. The molecule has 4 rings (SSSR count). The van der Waals surface area contributed by atoms with E-state index >= 15 is 0 Å². The summed E-state index contributed by atoms with van der Waals surface area (Å²) in [6, 6.07) is 9.33. The number of hydrogen-bond donors (Lipinski definition) is 0. The lowest BCUT2D eigenvalue weighted by molar-refractivity contribution is -0.159. The Kier molecular flexibility index (Phi) is 4.49. The van der Waals surface area contributed by atoms with Crippen LogP contribution in [0.25, 0.3) is 11.4 Å². The Morgan fingerprint density at radius 3 is 2.63 bits per heavy atom. The van der Waals surface area contributed by atoms with Gasteiger partial charge in [0, 0.05) is 6.54 Å². The van der Waals surface area contributed by atoms with Crippen molar-refractivity contribution in [2.75, 3.05) is 6.61 Å². The molecule has 27 heavy (non-hydrogen) atoms. The molecule has 1 fully saturated rings. The van der Waals surface area contributed by atoms with Gasteiger partial charge in [-0.25, -0.2) is 0 Å². The maximum absolute atomic E-state index is 12.6. The third kappa shape index (κ3) is 3.23. The van der Waals surface area contributed by atoms with Gasteiger partial charge in [0.25, 0.3) is 5.89 Å². The van der Waals surface area contributed by atoms with Crippen LogP contribution in [0.5, 0.6) is 0 Å². The van der Waals surface area contributed by atoms with Crippen LogP contribution in [-0.2, 0) is 16.1 Å². The molecule has 0 N–H and O–H groups in total. The predicted molar refractivity (Wildman–Crippen MR) is 94.4 cm³/mol. The standard InChI is InChI=1S/C19H20N4O4/c1-11-16(12(2)26-21-11)18-20-19(27-22-18)17-13(3)25-10-15(24)23(17)9-14-7-5-4-6-8-14/h4-8,13,17H,9-10H2,1-3H3/t13-,17+/m1/s1. The smallest absolute Gasteiger partial charge is 0.252 e. The Hall–Kier alpha value is -3.00. The molecule has 0 radical (unpaired) electrons. The van der Waals surface area contributed by atoms with Crippen LogP contribution in [0.4, 0.5) is 0 Å². The Balaban J connectivity index is 1.68. The second-order valence-corrected chi connectivity index (χ2v) is 6.62. The number of aromatic nitrogens is 3. The van der Waals surface area contributed by atoms with Gasteiger partial charge in [-0.2, -0.15) is 4.98 Å². The molecule has 8 nitrogen and oxygen atoms in total. The maximum atomic E-state index is 12.6. The molecule has 1 saturated heterocycles. The highest BCUT2D eigenvalue weighted by Crippen LogP contribution is 2.32. The molecule has 140 valence electrons. The molecule has 3 aromatic rings. The molecule has 0 aliphatic carbocycles. The van der Waals surface area contributed by atoms with E-state index in [-0.39, 0.29) is 18.6 Å². The highest BCUT2D eigenvalue weighted by molar-refractivity contribution is 5.78.